The fourth-order valence-corrected chi connectivity index (χ4v) is 0.994. The van der Waals surface area contributed by atoms with E-state index in [1.807, 2.05) is 79.7 Å². The van der Waals surface area contributed by atoms with E-state index in [9.17, 15) is 0 Å². The summed E-state index contributed by atoms with van der Waals surface area (Å²) in [7, 11) is 0. The normalized spacial score (nSPS) is 7.00. The van der Waals surface area contributed by atoms with Crippen molar-refractivity contribution in [2.45, 2.75) is 55.4 Å². The lowest BCUT2D eigenvalue weighted by atomic mass is 10.1. The van der Waals surface area contributed by atoms with Gasteiger partial charge in [-0.1, -0.05) is 65.8 Å². The minimum absolute atomic E-state index is 0.637. The van der Waals surface area contributed by atoms with Gasteiger partial charge in [-0.3, -0.25) is 0 Å². The van der Waals surface area contributed by atoms with Gasteiger partial charge in [-0.25, -0.2) is 0 Å². The molecule has 0 spiro atoms. The molecular formula is C15H29N. The molecule has 0 radical (unpaired) electrons. The van der Waals surface area contributed by atoms with Gasteiger partial charge in [-0.2, -0.15) is 0 Å². The van der Waals surface area contributed by atoms with Crippen LogP contribution in [-0.4, -0.2) is 5.71 Å². The number of aryl methyl sites for hydroxylation is 1. The molecule has 0 atom stereocenters. The highest BCUT2D eigenvalue weighted by Crippen LogP contribution is 2.06. The van der Waals surface area contributed by atoms with Crippen LogP contribution >= 0.6 is 0 Å². The standard InChI is InChI=1S/C9H11N.3C2H6/c1-7-5-3-4-6-9(7)8(2)10;3*1-2/h3-6,10H,1-2H3;3*1-2H3. The minimum atomic E-state index is 0.637. The maximum atomic E-state index is 7.38. The van der Waals surface area contributed by atoms with Gasteiger partial charge in [-0.15, -0.1) is 0 Å². The summed E-state index contributed by atoms with van der Waals surface area (Å²) in [5, 5.41) is 7.38. The summed E-state index contributed by atoms with van der Waals surface area (Å²) in [6, 6.07) is 7.94. The monoisotopic (exact) mass is 223 g/mol. The molecule has 0 bridgehead atoms. The number of benzene rings is 1. The van der Waals surface area contributed by atoms with E-state index in [0.29, 0.717) is 5.71 Å². The largest absolute Gasteiger partial charge is 0.305 e. The third-order valence-electron chi connectivity index (χ3n) is 1.55. The molecule has 1 rings (SSSR count). The molecule has 16 heavy (non-hydrogen) atoms. The van der Waals surface area contributed by atoms with E-state index in [0.717, 1.165) is 5.56 Å². The summed E-state index contributed by atoms with van der Waals surface area (Å²) < 4.78 is 0. The average molecular weight is 223 g/mol. The Hall–Kier alpha value is -1.11. The second-order valence-electron chi connectivity index (χ2n) is 2.44. The molecule has 0 aliphatic rings. The SMILES string of the molecule is CC.CC.CC.CC(=N)c1ccccc1C. The van der Waals surface area contributed by atoms with Crippen LogP contribution in [0.25, 0.3) is 0 Å². The van der Waals surface area contributed by atoms with Crippen LogP contribution in [0, 0.1) is 12.3 Å². The Balaban J connectivity index is -0.000000245. The highest BCUT2D eigenvalue weighted by atomic mass is 14.4. The van der Waals surface area contributed by atoms with Crippen LogP contribution in [0.3, 0.4) is 0 Å². The molecule has 0 aliphatic heterocycles. The Labute approximate surface area is 102 Å². The smallest absolute Gasteiger partial charge is 0.0357 e. The van der Waals surface area contributed by atoms with E-state index in [4.69, 9.17) is 5.41 Å². The first-order valence-electron chi connectivity index (χ1n) is 6.33. The van der Waals surface area contributed by atoms with Crippen molar-refractivity contribution < 1.29 is 0 Å². The third-order valence-corrected chi connectivity index (χ3v) is 1.55. The zero-order chi connectivity index (χ0) is 13.6. The lowest BCUT2D eigenvalue weighted by Gasteiger charge is -2.00. The molecule has 0 amide bonds. The van der Waals surface area contributed by atoms with Gasteiger partial charge in [0.05, 0.1) is 0 Å². The van der Waals surface area contributed by atoms with Crippen LogP contribution < -0.4 is 0 Å². The van der Waals surface area contributed by atoms with Gasteiger partial charge >= 0.3 is 0 Å². The molecule has 0 unspecified atom stereocenters. The Morgan fingerprint density at radius 3 is 1.50 bits per heavy atom. The van der Waals surface area contributed by atoms with Crippen LogP contribution in [0.15, 0.2) is 24.3 Å². The Kier molecular flexibility index (Phi) is 20.7. The van der Waals surface area contributed by atoms with E-state index in [1.165, 1.54) is 5.56 Å². The van der Waals surface area contributed by atoms with E-state index < -0.39 is 0 Å². The number of nitrogens with one attached hydrogen (secondary N) is 1. The molecule has 0 saturated carbocycles. The summed E-state index contributed by atoms with van der Waals surface area (Å²) in [6.07, 6.45) is 0. The lowest BCUT2D eigenvalue weighted by molar-refractivity contribution is 1.38. The van der Waals surface area contributed by atoms with E-state index in [1.54, 1.807) is 0 Å². The van der Waals surface area contributed by atoms with Crippen molar-refractivity contribution in [3.63, 3.8) is 0 Å². The zero-order valence-electron chi connectivity index (χ0n) is 12.3. The fourth-order valence-electron chi connectivity index (χ4n) is 0.994. The predicted molar refractivity (Wildman–Crippen MR) is 77.7 cm³/mol. The minimum Gasteiger partial charge on any atom is -0.305 e. The summed E-state index contributed by atoms with van der Waals surface area (Å²) in [6.45, 7) is 15.8. The molecule has 1 N–H and O–H groups in total. The highest BCUT2D eigenvalue weighted by molar-refractivity contribution is 5.97. The molecule has 0 aromatic heterocycles. The van der Waals surface area contributed by atoms with Gasteiger partial charge < -0.3 is 5.41 Å². The molecule has 0 heterocycles. The van der Waals surface area contributed by atoms with Gasteiger partial charge in [0, 0.05) is 5.71 Å². The number of hydrogen-bond donors (Lipinski definition) is 1. The van der Waals surface area contributed by atoms with E-state index >= 15 is 0 Å². The van der Waals surface area contributed by atoms with Crippen molar-refractivity contribution in [1.82, 2.24) is 0 Å². The summed E-state index contributed by atoms with van der Waals surface area (Å²) in [5.41, 5.74) is 2.86. The average Bonchev–Trinajstić information content (AvgIpc) is 2.37. The summed E-state index contributed by atoms with van der Waals surface area (Å²) in [5.74, 6) is 0. The third kappa shape index (κ3) is 9.45. The molecule has 1 heteroatoms. The van der Waals surface area contributed by atoms with Crippen LogP contribution in [0.1, 0.15) is 59.6 Å². The predicted octanol–water partition coefficient (Wildman–Crippen LogP) is 5.46. The van der Waals surface area contributed by atoms with E-state index in [2.05, 4.69) is 0 Å². The summed E-state index contributed by atoms with van der Waals surface area (Å²) in [4.78, 5) is 0. The van der Waals surface area contributed by atoms with Crippen LogP contribution in [0.4, 0.5) is 0 Å². The topological polar surface area (TPSA) is 23.9 Å². The maximum absolute atomic E-state index is 7.38. The molecule has 94 valence electrons. The first-order chi connectivity index (χ1) is 7.72. The van der Waals surface area contributed by atoms with Crippen molar-refractivity contribution in [3.8, 4) is 0 Å². The van der Waals surface area contributed by atoms with Gasteiger partial charge in [-0.05, 0) is 25.0 Å². The Morgan fingerprint density at radius 2 is 1.25 bits per heavy atom. The van der Waals surface area contributed by atoms with Crippen LogP contribution in [0.2, 0.25) is 0 Å². The zero-order valence-corrected chi connectivity index (χ0v) is 12.3. The van der Waals surface area contributed by atoms with E-state index in [-0.39, 0.29) is 0 Å². The fraction of sp³-hybridized carbons (Fsp3) is 0.533. The number of rotatable bonds is 1. The molecule has 0 saturated heterocycles. The molecular weight excluding hydrogens is 194 g/mol. The van der Waals surface area contributed by atoms with Gasteiger partial charge in [0.25, 0.3) is 0 Å². The molecule has 1 aromatic carbocycles. The Morgan fingerprint density at radius 1 is 0.875 bits per heavy atom. The quantitative estimate of drug-likeness (QED) is 0.611. The second-order valence-corrected chi connectivity index (χ2v) is 2.44. The van der Waals surface area contributed by atoms with Crippen molar-refractivity contribution in [2.75, 3.05) is 0 Å². The first kappa shape index (κ1) is 20.3. The highest BCUT2D eigenvalue weighted by Gasteiger charge is 1.95. The first-order valence-corrected chi connectivity index (χ1v) is 6.33. The Bertz CT molecular complexity index is 251. The lowest BCUT2D eigenvalue weighted by Crippen LogP contribution is -1.94. The maximum Gasteiger partial charge on any atom is 0.0357 e. The number of hydrogen-bond acceptors (Lipinski definition) is 1. The van der Waals surface area contributed by atoms with Crippen molar-refractivity contribution in [1.29, 1.82) is 5.41 Å². The van der Waals surface area contributed by atoms with Gasteiger partial charge in [0.2, 0.25) is 0 Å². The van der Waals surface area contributed by atoms with Crippen molar-refractivity contribution in [2.24, 2.45) is 0 Å². The summed E-state index contributed by atoms with van der Waals surface area (Å²) >= 11 is 0. The van der Waals surface area contributed by atoms with Gasteiger partial charge in [0.15, 0.2) is 0 Å². The van der Waals surface area contributed by atoms with Crippen LogP contribution in [0.5, 0.6) is 0 Å². The van der Waals surface area contributed by atoms with Gasteiger partial charge in [0.1, 0.15) is 0 Å². The van der Waals surface area contributed by atoms with Crippen molar-refractivity contribution >= 4 is 5.71 Å². The molecule has 0 aliphatic carbocycles. The van der Waals surface area contributed by atoms with Crippen molar-refractivity contribution in [3.05, 3.63) is 35.4 Å². The second kappa shape index (κ2) is 16.3. The molecule has 1 aromatic rings. The van der Waals surface area contributed by atoms with Crippen LogP contribution in [-0.2, 0) is 0 Å². The molecule has 1 nitrogen and oxygen atoms in total. The molecule has 0 fully saturated rings.